The summed E-state index contributed by atoms with van der Waals surface area (Å²) in [5.41, 5.74) is 2.01. The van der Waals surface area contributed by atoms with Gasteiger partial charge in [0.05, 0.1) is 0 Å². The van der Waals surface area contributed by atoms with Crippen molar-refractivity contribution in [1.82, 2.24) is 4.90 Å². The third-order valence-electron chi connectivity index (χ3n) is 5.01. The number of hydrogen-bond acceptors (Lipinski definition) is 3. The van der Waals surface area contributed by atoms with Gasteiger partial charge in [0.15, 0.2) is 0 Å². The Hall–Kier alpha value is -1.98. The first-order valence-electron chi connectivity index (χ1n) is 8.53. The number of rotatable bonds is 4. The molecule has 1 aliphatic heterocycles. The Labute approximate surface area is 161 Å². The molecule has 1 saturated carbocycles. The fourth-order valence-corrected chi connectivity index (χ4v) is 5.23. The molecular formula is C20H18ClNO3S. The summed E-state index contributed by atoms with van der Waals surface area (Å²) in [5.74, 6) is -0.585. The van der Waals surface area contributed by atoms with E-state index >= 15 is 0 Å². The zero-order chi connectivity index (χ0) is 18.3. The zero-order valence-corrected chi connectivity index (χ0v) is 15.5. The summed E-state index contributed by atoms with van der Waals surface area (Å²) in [5, 5.41) is 9.88. The molecule has 26 heavy (non-hydrogen) atoms. The topological polar surface area (TPSA) is 57.6 Å². The van der Waals surface area contributed by atoms with E-state index in [0.717, 1.165) is 17.5 Å². The summed E-state index contributed by atoms with van der Waals surface area (Å²) in [7, 11) is 0. The van der Waals surface area contributed by atoms with Crippen LogP contribution in [0.4, 0.5) is 0 Å². The van der Waals surface area contributed by atoms with Crippen LogP contribution < -0.4 is 0 Å². The summed E-state index contributed by atoms with van der Waals surface area (Å²) < 4.78 is 0. The van der Waals surface area contributed by atoms with Crippen molar-refractivity contribution in [3.05, 3.63) is 70.7 Å². The van der Waals surface area contributed by atoms with E-state index in [9.17, 15) is 14.7 Å². The van der Waals surface area contributed by atoms with Crippen LogP contribution in [0.5, 0.6) is 0 Å². The van der Waals surface area contributed by atoms with Crippen molar-refractivity contribution in [2.75, 3.05) is 5.75 Å². The molecule has 1 heterocycles. The van der Waals surface area contributed by atoms with Crippen LogP contribution in [-0.2, 0) is 9.59 Å². The average molecular weight is 388 g/mol. The number of carboxylic acids is 1. The van der Waals surface area contributed by atoms with Gasteiger partial charge >= 0.3 is 5.97 Å². The van der Waals surface area contributed by atoms with Crippen LogP contribution in [0, 0.1) is 5.92 Å². The average Bonchev–Trinajstić information content (AvgIpc) is 3.31. The van der Waals surface area contributed by atoms with Crippen LogP contribution in [0.15, 0.2) is 54.6 Å². The molecule has 134 valence electrons. The highest BCUT2D eigenvalue weighted by Gasteiger charge is 2.51. The molecule has 0 spiro atoms. The van der Waals surface area contributed by atoms with Crippen molar-refractivity contribution in [3.8, 4) is 0 Å². The normalized spacial score (nSPS) is 27.3. The second-order valence-electron chi connectivity index (χ2n) is 6.70. The third kappa shape index (κ3) is 3.21. The van der Waals surface area contributed by atoms with Gasteiger partial charge in [-0.2, -0.15) is 0 Å². The lowest BCUT2D eigenvalue weighted by molar-refractivity contribution is -0.149. The van der Waals surface area contributed by atoms with Gasteiger partial charge in [-0.1, -0.05) is 54.1 Å². The van der Waals surface area contributed by atoms with E-state index in [1.54, 1.807) is 11.0 Å². The van der Waals surface area contributed by atoms with Gasteiger partial charge in [0.2, 0.25) is 5.91 Å². The molecule has 1 amide bonds. The molecule has 0 aromatic heterocycles. The van der Waals surface area contributed by atoms with Gasteiger partial charge in [0.1, 0.15) is 11.4 Å². The lowest BCUT2D eigenvalue weighted by atomic mass is 10.1. The summed E-state index contributed by atoms with van der Waals surface area (Å²) in [6.07, 6.45) is 0.776. The Morgan fingerprint density at radius 3 is 2.50 bits per heavy atom. The highest BCUT2D eigenvalue weighted by Crippen LogP contribution is 2.52. The summed E-state index contributed by atoms with van der Waals surface area (Å²) in [6.45, 7) is 0. The molecule has 4 nitrogen and oxygen atoms in total. The number of thioether (sulfide) groups is 1. The highest BCUT2D eigenvalue weighted by molar-refractivity contribution is 7.99. The molecule has 2 aromatic rings. The Morgan fingerprint density at radius 2 is 1.81 bits per heavy atom. The number of carbonyl (C=O) groups excluding carboxylic acids is 1. The molecule has 2 aliphatic rings. The van der Waals surface area contributed by atoms with Gasteiger partial charge < -0.3 is 10.0 Å². The quantitative estimate of drug-likeness (QED) is 0.855. The summed E-state index contributed by atoms with van der Waals surface area (Å²) >= 11 is 7.58. The molecule has 4 rings (SSSR count). The number of benzene rings is 2. The Kier molecular flexibility index (Phi) is 4.67. The van der Waals surface area contributed by atoms with Gasteiger partial charge in [0.25, 0.3) is 0 Å². The first-order valence-corrected chi connectivity index (χ1v) is 9.96. The van der Waals surface area contributed by atoms with Gasteiger partial charge in [-0.15, -0.1) is 11.8 Å². The predicted octanol–water partition coefficient (Wildman–Crippen LogP) is 4.17. The molecule has 4 unspecified atom stereocenters. The van der Waals surface area contributed by atoms with Crippen LogP contribution in [0.3, 0.4) is 0 Å². The highest BCUT2D eigenvalue weighted by atomic mass is 35.5. The number of carbonyl (C=O) groups is 2. The molecule has 4 atom stereocenters. The smallest absolute Gasteiger partial charge is 0.327 e. The maximum atomic E-state index is 13.2. The Balaban J connectivity index is 1.60. The number of halogens is 1. The second-order valence-corrected chi connectivity index (χ2v) is 8.25. The van der Waals surface area contributed by atoms with E-state index in [1.807, 2.05) is 48.5 Å². The molecule has 0 radical (unpaired) electrons. The fraction of sp³-hybridized carbons (Fsp3) is 0.300. The van der Waals surface area contributed by atoms with Crippen molar-refractivity contribution in [2.45, 2.75) is 23.8 Å². The summed E-state index contributed by atoms with van der Waals surface area (Å²) in [6, 6.07) is 16.5. The molecule has 1 N–H and O–H groups in total. The lowest BCUT2D eigenvalue weighted by Crippen LogP contribution is -2.43. The fourth-order valence-electron chi connectivity index (χ4n) is 3.61. The van der Waals surface area contributed by atoms with Crippen molar-refractivity contribution < 1.29 is 14.7 Å². The number of amides is 1. The van der Waals surface area contributed by atoms with Crippen LogP contribution in [0.25, 0.3) is 0 Å². The number of aliphatic carboxylic acids is 1. The van der Waals surface area contributed by atoms with E-state index in [4.69, 9.17) is 11.6 Å². The van der Waals surface area contributed by atoms with Gasteiger partial charge in [-0.3, -0.25) is 4.79 Å². The first kappa shape index (κ1) is 17.4. The van der Waals surface area contributed by atoms with Crippen LogP contribution in [0.1, 0.15) is 28.8 Å². The van der Waals surface area contributed by atoms with E-state index in [-0.39, 0.29) is 23.1 Å². The lowest BCUT2D eigenvalue weighted by Gasteiger charge is -2.28. The molecule has 0 bridgehead atoms. The van der Waals surface area contributed by atoms with Crippen molar-refractivity contribution >= 4 is 35.2 Å². The standard InChI is InChI=1S/C20H18ClNO3S/c21-14-8-4-7-13(9-14)19-22(17(11-26-19)20(24)25)18(23)16-10-15(16)12-5-2-1-3-6-12/h1-9,15-17,19H,10-11H2,(H,24,25). The second kappa shape index (κ2) is 6.97. The minimum Gasteiger partial charge on any atom is -0.480 e. The number of carboxylic acid groups (broad SMARTS) is 1. The van der Waals surface area contributed by atoms with Gasteiger partial charge in [-0.25, -0.2) is 4.79 Å². The maximum absolute atomic E-state index is 13.2. The van der Waals surface area contributed by atoms with E-state index in [0.29, 0.717) is 10.8 Å². The first-order chi connectivity index (χ1) is 12.6. The van der Waals surface area contributed by atoms with Gasteiger partial charge in [-0.05, 0) is 35.6 Å². The van der Waals surface area contributed by atoms with Crippen molar-refractivity contribution in [2.24, 2.45) is 5.92 Å². The monoisotopic (exact) mass is 387 g/mol. The SMILES string of the molecule is O=C(O)C1CSC(c2cccc(Cl)c2)N1C(=O)C1CC1c1ccccc1. The minimum absolute atomic E-state index is 0.0683. The molecule has 2 fully saturated rings. The van der Waals surface area contributed by atoms with Crippen LogP contribution >= 0.6 is 23.4 Å². The van der Waals surface area contributed by atoms with E-state index < -0.39 is 12.0 Å². The predicted molar refractivity (Wildman–Crippen MR) is 102 cm³/mol. The number of hydrogen-bond donors (Lipinski definition) is 1. The third-order valence-corrected chi connectivity index (χ3v) is 6.57. The molecule has 1 aliphatic carbocycles. The minimum atomic E-state index is -0.952. The largest absolute Gasteiger partial charge is 0.480 e. The van der Waals surface area contributed by atoms with E-state index in [2.05, 4.69) is 0 Å². The Morgan fingerprint density at radius 1 is 1.08 bits per heavy atom. The van der Waals surface area contributed by atoms with E-state index in [1.165, 1.54) is 11.8 Å². The molecule has 6 heteroatoms. The molecule has 1 saturated heterocycles. The molecular weight excluding hydrogens is 370 g/mol. The maximum Gasteiger partial charge on any atom is 0.327 e. The zero-order valence-electron chi connectivity index (χ0n) is 13.9. The van der Waals surface area contributed by atoms with Crippen molar-refractivity contribution in [3.63, 3.8) is 0 Å². The Bertz CT molecular complexity index is 844. The van der Waals surface area contributed by atoms with Gasteiger partial charge in [0, 0.05) is 16.7 Å². The van der Waals surface area contributed by atoms with Crippen LogP contribution in [0.2, 0.25) is 5.02 Å². The molecule has 2 aromatic carbocycles. The summed E-state index contributed by atoms with van der Waals surface area (Å²) in [4.78, 5) is 26.5. The van der Waals surface area contributed by atoms with Crippen LogP contribution in [-0.4, -0.2) is 33.7 Å². The van der Waals surface area contributed by atoms with Crippen molar-refractivity contribution in [1.29, 1.82) is 0 Å². The number of nitrogens with zero attached hydrogens (tertiary/aromatic N) is 1.